The maximum absolute atomic E-state index is 6.27. The molecule has 0 aliphatic carbocycles. The number of hydrogen-bond acceptors (Lipinski definition) is 6. The fraction of sp³-hybridized carbons (Fsp3) is 0. The minimum Gasteiger partial charge on any atom is -0.456 e. The largest absolute Gasteiger partial charge is 0.456 e. The second-order valence-electron chi connectivity index (χ2n) is 12.3. The number of aromatic nitrogens is 5. The van der Waals surface area contributed by atoms with Crippen LogP contribution in [0, 0.1) is 0 Å². The highest BCUT2D eigenvalue weighted by atomic mass is 16.3. The highest BCUT2D eigenvalue weighted by Gasteiger charge is 2.21. The number of rotatable bonds is 3. The number of para-hydroxylation sites is 2. The van der Waals surface area contributed by atoms with Crippen molar-refractivity contribution < 1.29 is 8.83 Å². The first-order valence-corrected chi connectivity index (χ1v) is 16.1. The van der Waals surface area contributed by atoms with Crippen LogP contribution in [0.2, 0.25) is 0 Å². The highest BCUT2D eigenvalue weighted by molar-refractivity contribution is 6.14. The number of pyridine rings is 1. The zero-order chi connectivity index (χ0) is 32.1. The molecule has 0 bridgehead atoms. The summed E-state index contributed by atoms with van der Waals surface area (Å²) in [6.07, 6.45) is 1.74. The van der Waals surface area contributed by atoms with E-state index in [2.05, 4.69) is 88.4 Å². The van der Waals surface area contributed by atoms with E-state index in [1.54, 1.807) is 6.20 Å². The summed E-state index contributed by atoms with van der Waals surface area (Å²) in [7, 11) is 0. The molecule has 0 N–H and O–H groups in total. The molecule has 0 spiro atoms. The van der Waals surface area contributed by atoms with E-state index in [0.717, 1.165) is 76.6 Å². The lowest BCUT2D eigenvalue weighted by Crippen LogP contribution is -2.06. The average molecular weight is 630 g/mol. The SMILES string of the molecule is c1ccc2cc3c(cc2c1)c1ccccc1n3-c1nc(-c2ccc3c(c2)oc2ncccc23)nc(-c2cccc3oc4ccccc4c23)n1. The Hall–Kier alpha value is -6.86. The molecule has 7 nitrogen and oxygen atoms in total. The third kappa shape index (κ3) is 3.84. The Kier molecular flexibility index (Phi) is 5.26. The van der Waals surface area contributed by atoms with E-state index in [1.807, 2.05) is 54.6 Å². The summed E-state index contributed by atoms with van der Waals surface area (Å²) in [6, 6.07) is 45.5. The van der Waals surface area contributed by atoms with Gasteiger partial charge in [-0.1, -0.05) is 78.9 Å². The van der Waals surface area contributed by atoms with E-state index < -0.39 is 0 Å². The first kappa shape index (κ1) is 26.2. The van der Waals surface area contributed by atoms with Crippen molar-refractivity contribution in [3.63, 3.8) is 0 Å². The van der Waals surface area contributed by atoms with Gasteiger partial charge in [0.2, 0.25) is 11.7 Å². The average Bonchev–Trinajstić information content (AvgIpc) is 3.82. The van der Waals surface area contributed by atoms with Gasteiger partial charge in [0.1, 0.15) is 16.7 Å². The molecule has 0 atom stereocenters. The van der Waals surface area contributed by atoms with E-state index in [0.29, 0.717) is 23.3 Å². The van der Waals surface area contributed by atoms with Crippen LogP contribution in [0.25, 0.3) is 105 Å². The molecule has 49 heavy (non-hydrogen) atoms. The standard InChI is InChI=1S/C42H23N5O2/c1-2-10-25-22-34-32(21-24(25)9-1)27-11-3-5-15-33(27)47(34)42-45-39(26-18-19-28-29-14-8-20-43-41(29)49-37(28)23-26)44-40(46-42)31-13-7-17-36-38(31)30-12-4-6-16-35(30)48-36/h1-23H. The van der Waals surface area contributed by atoms with Gasteiger partial charge in [0.05, 0.1) is 11.0 Å². The maximum Gasteiger partial charge on any atom is 0.238 e. The lowest BCUT2D eigenvalue weighted by Gasteiger charge is -2.11. The predicted molar refractivity (Wildman–Crippen MR) is 195 cm³/mol. The molecule has 0 amide bonds. The summed E-state index contributed by atoms with van der Waals surface area (Å²) in [5, 5.41) is 8.53. The molecule has 7 heteroatoms. The maximum atomic E-state index is 6.27. The van der Waals surface area contributed by atoms with Gasteiger partial charge in [0.15, 0.2) is 11.6 Å². The lowest BCUT2D eigenvalue weighted by molar-refractivity contribution is 0.654. The van der Waals surface area contributed by atoms with Crippen molar-refractivity contribution >= 4 is 76.6 Å². The molecule has 0 unspecified atom stereocenters. The molecule has 0 aliphatic rings. The molecule has 6 aromatic carbocycles. The molecular formula is C42H23N5O2. The van der Waals surface area contributed by atoms with E-state index in [9.17, 15) is 0 Å². The Morgan fingerprint density at radius 1 is 0.469 bits per heavy atom. The first-order valence-electron chi connectivity index (χ1n) is 16.1. The smallest absolute Gasteiger partial charge is 0.238 e. The Balaban J connectivity index is 1.24. The number of fused-ring (bicyclic) bond motifs is 10. The fourth-order valence-corrected chi connectivity index (χ4v) is 7.30. The van der Waals surface area contributed by atoms with Crippen LogP contribution in [0.3, 0.4) is 0 Å². The van der Waals surface area contributed by atoms with Crippen molar-refractivity contribution in [2.75, 3.05) is 0 Å². The summed E-state index contributed by atoms with van der Waals surface area (Å²) >= 11 is 0. The Bertz CT molecular complexity index is 3130. The summed E-state index contributed by atoms with van der Waals surface area (Å²) in [4.78, 5) is 20.0. The molecule has 11 aromatic rings. The van der Waals surface area contributed by atoms with Crippen LogP contribution in [-0.2, 0) is 0 Å². The summed E-state index contributed by atoms with van der Waals surface area (Å²) in [6.45, 7) is 0. The van der Waals surface area contributed by atoms with Gasteiger partial charge in [-0.3, -0.25) is 4.57 Å². The van der Waals surface area contributed by atoms with Gasteiger partial charge in [0, 0.05) is 49.6 Å². The van der Waals surface area contributed by atoms with Crippen molar-refractivity contribution in [3.05, 3.63) is 140 Å². The quantitative estimate of drug-likeness (QED) is 0.193. The molecule has 228 valence electrons. The van der Waals surface area contributed by atoms with E-state index in [4.69, 9.17) is 23.8 Å². The molecule has 5 heterocycles. The molecule has 5 aromatic heterocycles. The number of hydrogen-bond donors (Lipinski definition) is 0. The molecule has 0 aliphatic heterocycles. The van der Waals surface area contributed by atoms with Crippen LogP contribution >= 0.6 is 0 Å². The van der Waals surface area contributed by atoms with Crippen LogP contribution in [-0.4, -0.2) is 24.5 Å². The molecule has 0 radical (unpaired) electrons. The number of nitrogens with zero attached hydrogens (tertiary/aromatic N) is 5. The molecule has 0 saturated heterocycles. The number of benzene rings is 6. The topological polar surface area (TPSA) is 82.8 Å². The molecule has 0 saturated carbocycles. The Labute approximate surface area is 277 Å². The lowest BCUT2D eigenvalue weighted by atomic mass is 10.1. The van der Waals surface area contributed by atoms with Gasteiger partial charge in [-0.15, -0.1) is 0 Å². The number of furan rings is 2. The van der Waals surface area contributed by atoms with Gasteiger partial charge < -0.3 is 8.83 Å². The van der Waals surface area contributed by atoms with Crippen LogP contribution < -0.4 is 0 Å². The van der Waals surface area contributed by atoms with Crippen molar-refractivity contribution in [1.29, 1.82) is 0 Å². The van der Waals surface area contributed by atoms with E-state index >= 15 is 0 Å². The normalized spacial score (nSPS) is 12.1. The monoisotopic (exact) mass is 629 g/mol. The van der Waals surface area contributed by atoms with Gasteiger partial charge in [-0.2, -0.15) is 9.97 Å². The van der Waals surface area contributed by atoms with E-state index in [-0.39, 0.29) is 0 Å². The van der Waals surface area contributed by atoms with Crippen molar-refractivity contribution in [2.24, 2.45) is 0 Å². The minimum atomic E-state index is 0.526. The molecular weight excluding hydrogens is 606 g/mol. The van der Waals surface area contributed by atoms with Crippen LogP contribution in [0.15, 0.2) is 148 Å². The van der Waals surface area contributed by atoms with Gasteiger partial charge in [0.25, 0.3) is 0 Å². The Morgan fingerprint density at radius 2 is 1.24 bits per heavy atom. The van der Waals surface area contributed by atoms with Crippen LogP contribution in [0.5, 0.6) is 0 Å². The van der Waals surface area contributed by atoms with Crippen LogP contribution in [0.1, 0.15) is 0 Å². The molecule has 0 fully saturated rings. The third-order valence-corrected chi connectivity index (χ3v) is 9.51. The van der Waals surface area contributed by atoms with Crippen molar-refractivity contribution in [2.45, 2.75) is 0 Å². The van der Waals surface area contributed by atoms with Gasteiger partial charge in [-0.05, 0) is 65.4 Å². The highest BCUT2D eigenvalue weighted by Crippen LogP contribution is 2.38. The summed E-state index contributed by atoms with van der Waals surface area (Å²) < 4.78 is 14.6. The van der Waals surface area contributed by atoms with Crippen LogP contribution in [0.4, 0.5) is 0 Å². The fourth-order valence-electron chi connectivity index (χ4n) is 7.30. The van der Waals surface area contributed by atoms with Gasteiger partial charge in [-0.25, -0.2) is 9.97 Å². The first-order chi connectivity index (χ1) is 24.3. The Morgan fingerprint density at radius 3 is 2.18 bits per heavy atom. The zero-order valence-corrected chi connectivity index (χ0v) is 25.8. The van der Waals surface area contributed by atoms with E-state index in [1.165, 1.54) is 5.39 Å². The second kappa shape index (κ2) is 9.82. The third-order valence-electron chi connectivity index (χ3n) is 9.51. The minimum absolute atomic E-state index is 0.526. The van der Waals surface area contributed by atoms with Crippen molar-refractivity contribution in [1.82, 2.24) is 24.5 Å². The van der Waals surface area contributed by atoms with Gasteiger partial charge >= 0.3 is 0 Å². The van der Waals surface area contributed by atoms with Crippen molar-refractivity contribution in [3.8, 4) is 28.7 Å². The predicted octanol–water partition coefficient (Wildman–Crippen LogP) is 10.6. The second-order valence-corrected chi connectivity index (χ2v) is 12.3. The zero-order valence-electron chi connectivity index (χ0n) is 25.8. The summed E-state index contributed by atoms with van der Waals surface area (Å²) in [5.74, 6) is 1.61. The summed E-state index contributed by atoms with van der Waals surface area (Å²) in [5.41, 5.74) is 6.64. The molecule has 11 rings (SSSR count).